The maximum absolute atomic E-state index is 5.92. The summed E-state index contributed by atoms with van der Waals surface area (Å²) in [5.74, 6) is 1.70. The van der Waals surface area contributed by atoms with Crippen molar-refractivity contribution in [2.45, 2.75) is 32.4 Å². The molecular formula is C16H22N2O. The van der Waals surface area contributed by atoms with Crippen LogP contribution in [0.3, 0.4) is 0 Å². The largest absolute Gasteiger partial charge is 0.460 e. The van der Waals surface area contributed by atoms with Gasteiger partial charge in [0.15, 0.2) is 0 Å². The number of likely N-dealkylation sites (tertiary alicyclic amines) is 1. The van der Waals surface area contributed by atoms with E-state index in [-0.39, 0.29) is 0 Å². The molecule has 2 unspecified atom stereocenters. The predicted octanol–water partition coefficient (Wildman–Crippen LogP) is 2.99. The van der Waals surface area contributed by atoms with Crippen LogP contribution < -0.4 is 5.73 Å². The van der Waals surface area contributed by atoms with Crippen LogP contribution in [0.4, 0.5) is 0 Å². The predicted molar refractivity (Wildman–Crippen MR) is 77.9 cm³/mol. The molecule has 3 nitrogen and oxygen atoms in total. The smallest absolute Gasteiger partial charge is 0.134 e. The number of rotatable bonds is 3. The van der Waals surface area contributed by atoms with Crippen LogP contribution in [0.5, 0.6) is 0 Å². The van der Waals surface area contributed by atoms with E-state index >= 15 is 0 Å². The van der Waals surface area contributed by atoms with Gasteiger partial charge in [-0.05, 0) is 44.4 Å². The first-order chi connectivity index (χ1) is 9.26. The monoisotopic (exact) mass is 258 g/mol. The minimum atomic E-state index is 0.621. The standard InChI is InChI=1S/C16H22N2O/c1-12-6-7-13(9-17)10-18(12)11-15-8-14-4-2-3-5-16(14)19-15/h2-5,8,12-13H,6-7,9-11,17H2,1H3. The Hall–Kier alpha value is -1.32. The highest BCUT2D eigenvalue weighted by atomic mass is 16.3. The summed E-state index contributed by atoms with van der Waals surface area (Å²) in [6, 6.07) is 11.0. The van der Waals surface area contributed by atoms with E-state index in [2.05, 4.69) is 30.0 Å². The van der Waals surface area contributed by atoms with Gasteiger partial charge in [0, 0.05) is 18.0 Å². The van der Waals surface area contributed by atoms with E-state index in [1.54, 1.807) is 0 Å². The molecule has 1 fully saturated rings. The number of fused-ring (bicyclic) bond motifs is 1. The van der Waals surface area contributed by atoms with E-state index in [0.29, 0.717) is 12.0 Å². The minimum Gasteiger partial charge on any atom is -0.460 e. The van der Waals surface area contributed by atoms with Crippen LogP contribution in [0.15, 0.2) is 34.7 Å². The van der Waals surface area contributed by atoms with Crippen LogP contribution in [0.25, 0.3) is 11.0 Å². The number of nitrogens with zero attached hydrogens (tertiary/aromatic N) is 1. The number of furan rings is 1. The van der Waals surface area contributed by atoms with Crippen molar-refractivity contribution in [3.8, 4) is 0 Å². The molecule has 2 heterocycles. The number of piperidine rings is 1. The topological polar surface area (TPSA) is 42.4 Å². The van der Waals surface area contributed by atoms with Crippen LogP contribution in [0.2, 0.25) is 0 Å². The second-order valence-corrected chi connectivity index (χ2v) is 5.71. The van der Waals surface area contributed by atoms with E-state index in [9.17, 15) is 0 Å². The van der Waals surface area contributed by atoms with Crippen LogP contribution in [0, 0.1) is 5.92 Å². The van der Waals surface area contributed by atoms with Gasteiger partial charge in [-0.1, -0.05) is 18.2 Å². The van der Waals surface area contributed by atoms with Gasteiger partial charge in [0.25, 0.3) is 0 Å². The summed E-state index contributed by atoms with van der Waals surface area (Å²) in [6.07, 6.45) is 2.50. The second-order valence-electron chi connectivity index (χ2n) is 5.71. The summed E-state index contributed by atoms with van der Waals surface area (Å²) in [6.45, 7) is 5.08. The number of hydrogen-bond donors (Lipinski definition) is 1. The molecule has 0 radical (unpaired) electrons. The maximum atomic E-state index is 5.92. The second kappa shape index (κ2) is 5.35. The van der Waals surface area contributed by atoms with Crippen LogP contribution in [0.1, 0.15) is 25.5 Å². The third-order valence-corrected chi connectivity index (χ3v) is 4.28. The molecule has 2 N–H and O–H groups in total. The van der Waals surface area contributed by atoms with Gasteiger partial charge in [0.2, 0.25) is 0 Å². The molecule has 0 amide bonds. The zero-order chi connectivity index (χ0) is 13.2. The molecule has 0 saturated carbocycles. The van der Waals surface area contributed by atoms with Gasteiger partial charge in [0.05, 0.1) is 6.54 Å². The number of para-hydroxylation sites is 1. The van der Waals surface area contributed by atoms with Crippen molar-refractivity contribution in [1.29, 1.82) is 0 Å². The van der Waals surface area contributed by atoms with Gasteiger partial charge in [-0.3, -0.25) is 4.90 Å². The van der Waals surface area contributed by atoms with E-state index in [1.807, 2.05) is 12.1 Å². The fourth-order valence-corrected chi connectivity index (χ4v) is 2.99. The molecule has 1 saturated heterocycles. The number of benzene rings is 1. The fourth-order valence-electron chi connectivity index (χ4n) is 2.99. The molecule has 3 heteroatoms. The van der Waals surface area contributed by atoms with Crippen molar-refractivity contribution < 1.29 is 4.42 Å². The highest BCUT2D eigenvalue weighted by Crippen LogP contribution is 2.25. The molecule has 2 atom stereocenters. The summed E-state index contributed by atoms with van der Waals surface area (Å²) in [5.41, 5.74) is 6.80. The zero-order valence-corrected chi connectivity index (χ0v) is 11.5. The molecule has 0 spiro atoms. The number of hydrogen-bond acceptors (Lipinski definition) is 3. The zero-order valence-electron chi connectivity index (χ0n) is 11.5. The minimum absolute atomic E-state index is 0.621. The molecule has 1 aromatic carbocycles. The highest BCUT2D eigenvalue weighted by molar-refractivity contribution is 5.77. The maximum Gasteiger partial charge on any atom is 0.134 e. The van der Waals surface area contributed by atoms with Crippen molar-refractivity contribution in [3.05, 3.63) is 36.1 Å². The van der Waals surface area contributed by atoms with Gasteiger partial charge < -0.3 is 10.2 Å². The van der Waals surface area contributed by atoms with Crippen molar-refractivity contribution in [1.82, 2.24) is 4.90 Å². The Morgan fingerprint density at radius 1 is 1.32 bits per heavy atom. The first kappa shape index (κ1) is 12.7. The lowest BCUT2D eigenvalue weighted by Crippen LogP contribution is -2.43. The van der Waals surface area contributed by atoms with E-state index in [1.165, 1.54) is 18.2 Å². The Kier molecular flexibility index (Phi) is 3.58. The Morgan fingerprint density at radius 2 is 2.16 bits per heavy atom. The lowest BCUT2D eigenvalue weighted by molar-refractivity contribution is 0.106. The Morgan fingerprint density at radius 3 is 2.95 bits per heavy atom. The SMILES string of the molecule is CC1CCC(CN)CN1Cc1cc2ccccc2o1. The van der Waals surface area contributed by atoms with Crippen molar-refractivity contribution >= 4 is 11.0 Å². The normalized spacial score (nSPS) is 24.9. The number of nitrogens with two attached hydrogens (primary N) is 1. The van der Waals surface area contributed by atoms with Crippen molar-refractivity contribution in [2.75, 3.05) is 13.1 Å². The average molecular weight is 258 g/mol. The van der Waals surface area contributed by atoms with Crippen molar-refractivity contribution in [2.24, 2.45) is 11.7 Å². The molecule has 19 heavy (non-hydrogen) atoms. The quantitative estimate of drug-likeness (QED) is 0.920. The molecule has 1 aromatic heterocycles. The van der Waals surface area contributed by atoms with E-state index < -0.39 is 0 Å². The molecule has 3 rings (SSSR count). The van der Waals surface area contributed by atoms with Crippen molar-refractivity contribution in [3.63, 3.8) is 0 Å². The van der Waals surface area contributed by atoms with Gasteiger partial charge in [-0.2, -0.15) is 0 Å². The van der Waals surface area contributed by atoms with Gasteiger partial charge in [0.1, 0.15) is 11.3 Å². The van der Waals surface area contributed by atoms with Crippen LogP contribution in [-0.2, 0) is 6.54 Å². The first-order valence-electron chi connectivity index (χ1n) is 7.18. The van der Waals surface area contributed by atoms with Crippen LogP contribution >= 0.6 is 0 Å². The first-order valence-corrected chi connectivity index (χ1v) is 7.18. The highest BCUT2D eigenvalue weighted by Gasteiger charge is 2.25. The molecule has 1 aliphatic rings. The van der Waals surface area contributed by atoms with Gasteiger partial charge in [-0.25, -0.2) is 0 Å². The molecule has 0 aliphatic carbocycles. The third kappa shape index (κ3) is 2.67. The average Bonchev–Trinajstić information content (AvgIpc) is 2.83. The summed E-state index contributed by atoms with van der Waals surface area (Å²) in [5, 5.41) is 1.19. The molecule has 102 valence electrons. The molecule has 1 aliphatic heterocycles. The summed E-state index contributed by atoms with van der Waals surface area (Å²) in [4.78, 5) is 2.50. The summed E-state index contributed by atoms with van der Waals surface area (Å²) in [7, 11) is 0. The summed E-state index contributed by atoms with van der Waals surface area (Å²) >= 11 is 0. The van der Waals surface area contributed by atoms with Gasteiger partial charge in [-0.15, -0.1) is 0 Å². The Balaban J connectivity index is 1.75. The lowest BCUT2D eigenvalue weighted by atomic mass is 9.93. The van der Waals surface area contributed by atoms with E-state index in [0.717, 1.165) is 31.0 Å². The Labute approximate surface area is 114 Å². The lowest BCUT2D eigenvalue weighted by Gasteiger charge is -2.37. The molecular weight excluding hydrogens is 236 g/mol. The van der Waals surface area contributed by atoms with Crippen LogP contribution in [-0.4, -0.2) is 24.0 Å². The van der Waals surface area contributed by atoms with E-state index in [4.69, 9.17) is 10.2 Å². The molecule has 0 bridgehead atoms. The molecule has 2 aromatic rings. The summed E-state index contributed by atoms with van der Waals surface area (Å²) < 4.78 is 5.92. The Bertz CT molecular complexity index is 515. The fraction of sp³-hybridized carbons (Fsp3) is 0.500. The van der Waals surface area contributed by atoms with Gasteiger partial charge >= 0.3 is 0 Å². The third-order valence-electron chi connectivity index (χ3n) is 4.28.